The van der Waals surface area contributed by atoms with E-state index in [0.717, 1.165) is 25.5 Å². The van der Waals surface area contributed by atoms with Crippen LogP contribution < -0.4 is 9.62 Å². The molecule has 0 aromatic heterocycles. The Bertz CT molecular complexity index is 714. The van der Waals surface area contributed by atoms with Crippen LogP contribution >= 0.6 is 11.6 Å². The van der Waals surface area contributed by atoms with Gasteiger partial charge in [-0.1, -0.05) is 23.3 Å². The average molecular weight is 385 g/mol. The van der Waals surface area contributed by atoms with Crippen LogP contribution in [0.5, 0.6) is 0 Å². The van der Waals surface area contributed by atoms with E-state index in [2.05, 4.69) is 11.4 Å². The summed E-state index contributed by atoms with van der Waals surface area (Å²) >= 11 is 5.84. The molecule has 0 bridgehead atoms. The van der Waals surface area contributed by atoms with Gasteiger partial charge >= 0.3 is 0 Å². The lowest BCUT2D eigenvalue weighted by atomic mass is 9.97. The van der Waals surface area contributed by atoms with E-state index in [9.17, 15) is 13.2 Å². The largest absolute Gasteiger partial charge is 0.356 e. The van der Waals surface area contributed by atoms with Gasteiger partial charge in [0, 0.05) is 24.5 Å². The molecule has 0 radical (unpaired) electrons. The molecule has 1 aliphatic carbocycles. The molecule has 7 heteroatoms. The van der Waals surface area contributed by atoms with Gasteiger partial charge in [-0.05, 0) is 56.4 Å². The first kappa shape index (κ1) is 19.8. The van der Waals surface area contributed by atoms with Crippen molar-refractivity contribution < 1.29 is 13.2 Å². The molecule has 0 saturated carbocycles. The van der Waals surface area contributed by atoms with E-state index in [1.54, 1.807) is 24.3 Å². The van der Waals surface area contributed by atoms with Gasteiger partial charge in [-0.3, -0.25) is 9.10 Å². The minimum absolute atomic E-state index is 0.106. The summed E-state index contributed by atoms with van der Waals surface area (Å²) in [5.74, 6) is -0.140. The van der Waals surface area contributed by atoms with Gasteiger partial charge in [0.1, 0.15) is 0 Å². The smallest absolute Gasteiger partial charge is 0.232 e. The molecule has 1 N–H and O–H groups in total. The summed E-state index contributed by atoms with van der Waals surface area (Å²) in [6, 6.07) is 6.54. The summed E-state index contributed by atoms with van der Waals surface area (Å²) in [5, 5.41) is 3.41. The Kier molecular flexibility index (Phi) is 7.32. The fourth-order valence-electron chi connectivity index (χ4n) is 2.88. The second-order valence-electron chi connectivity index (χ2n) is 6.27. The molecule has 1 aromatic rings. The Balaban J connectivity index is 1.84. The summed E-state index contributed by atoms with van der Waals surface area (Å²) < 4.78 is 25.2. The lowest BCUT2D eigenvalue weighted by molar-refractivity contribution is -0.120. The van der Waals surface area contributed by atoms with Crippen LogP contribution in [-0.4, -0.2) is 33.7 Å². The van der Waals surface area contributed by atoms with Crippen molar-refractivity contribution in [2.75, 3.05) is 23.7 Å². The standard InChI is InChI=1S/C18H25ClN2O3S/c1-25(23,24)21(17-9-7-16(19)8-10-17)14-12-18(22)20-13-11-15-5-3-2-4-6-15/h5,7-10H,2-4,6,11-14H2,1H3,(H,20,22). The molecule has 0 heterocycles. The molecule has 1 aliphatic rings. The maximum absolute atomic E-state index is 12.0. The zero-order chi connectivity index (χ0) is 18.3. The van der Waals surface area contributed by atoms with Crippen LogP contribution in [0.1, 0.15) is 38.5 Å². The van der Waals surface area contributed by atoms with Gasteiger partial charge in [0.15, 0.2) is 0 Å². The van der Waals surface area contributed by atoms with Crippen LogP contribution in [0.4, 0.5) is 5.69 Å². The lowest BCUT2D eigenvalue weighted by Gasteiger charge is -2.22. The monoisotopic (exact) mass is 384 g/mol. The molecule has 0 aliphatic heterocycles. The number of hydrogen-bond acceptors (Lipinski definition) is 3. The number of rotatable bonds is 8. The highest BCUT2D eigenvalue weighted by Crippen LogP contribution is 2.21. The van der Waals surface area contributed by atoms with Crippen molar-refractivity contribution in [1.82, 2.24) is 5.32 Å². The SMILES string of the molecule is CS(=O)(=O)N(CCC(=O)NCCC1=CCCCC1)c1ccc(Cl)cc1. The molecule has 1 amide bonds. The lowest BCUT2D eigenvalue weighted by Crippen LogP contribution is -2.35. The zero-order valence-corrected chi connectivity index (χ0v) is 16.1. The zero-order valence-electron chi connectivity index (χ0n) is 14.5. The van der Waals surface area contributed by atoms with Crippen LogP contribution in [0.3, 0.4) is 0 Å². The van der Waals surface area contributed by atoms with Crippen LogP contribution in [0, 0.1) is 0 Å². The molecule has 5 nitrogen and oxygen atoms in total. The highest BCUT2D eigenvalue weighted by molar-refractivity contribution is 7.92. The van der Waals surface area contributed by atoms with E-state index in [1.165, 1.54) is 22.7 Å². The third-order valence-electron chi connectivity index (χ3n) is 4.21. The molecule has 0 unspecified atom stereocenters. The Morgan fingerprint density at radius 2 is 1.96 bits per heavy atom. The van der Waals surface area contributed by atoms with Gasteiger partial charge in [0.2, 0.25) is 15.9 Å². The van der Waals surface area contributed by atoms with Gasteiger partial charge in [0.05, 0.1) is 11.9 Å². The van der Waals surface area contributed by atoms with Crippen LogP contribution in [0.25, 0.3) is 0 Å². The minimum atomic E-state index is -3.46. The van der Waals surface area contributed by atoms with Gasteiger partial charge in [-0.25, -0.2) is 8.42 Å². The fourth-order valence-corrected chi connectivity index (χ4v) is 3.93. The predicted molar refractivity (Wildman–Crippen MR) is 102 cm³/mol. The number of nitrogens with zero attached hydrogens (tertiary/aromatic N) is 1. The van der Waals surface area contributed by atoms with Crippen LogP contribution in [0.15, 0.2) is 35.9 Å². The fraction of sp³-hybridized carbons (Fsp3) is 0.500. The summed E-state index contributed by atoms with van der Waals surface area (Å²) in [6.45, 7) is 0.708. The summed E-state index contributed by atoms with van der Waals surface area (Å²) in [6.07, 6.45) is 9.12. The predicted octanol–water partition coefficient (Wildman–Crippen LogP) is 3.50. The van der Waals surface area contributed by atoms with Crippen molar-refractivity contribution in [3.05, 3.63) is 40.9 Å². The third-order valence-corrected chi connectivity index (χ3v) is 5.66. The second-order valence-corrected chi connectivity index (χ2v) is 8.61. The van der Waals surface area contributed by atoms with Crippen molar-refractivity contribution in [2.24, 2.45) is 0 Å². The number of benzene rings is 1. The Labute approximate surface area is 155 Å². The van der Waals surface area contributed by atoms with Crippen molar-refractivity contribution in [3.63, 3.8) is 0 Å². The highest BCUT2D eigenvalue weighted by Gasteiger charge is 2.18. The topological polar surface area (TPSA) is 66.5 Å². The normalized spacial score (nSPS) is 14.7. The quantitative estimate of drug-likeness (QED) is 0.697. The first-order chi connectivity index (χ1) is 11.9. The molecule has 0 spiro atoms. The van der Waals surface area contributed by atoms with E-state index in [0.29, 0.717) is 17.3 Å². The number of nitrogens with one attached hydrogen (secondary N) is 1. The van der Waals surface area contributed by atoms with Crippen molar-refractivity contribution in [1.29, 1.82) is 0 Å². The number of sulfonamides is 1. The van der Waals surface area contributed by atoms with Crippen molar-refractivity contribution >= 4 is 33.2 Å². The van der Waals surface area contributed by atoms with E-state index in [1.807, 2.05) is 0 Å². The van der Waals surface area contributed by atoms with Crippen LogP contribution in [0.2, 0.25) is 5.02 Å². The number of halogens is 1. The third kappa shape index (κ3) is 6.71. The molecule has 25 heavy (non-hydrogen) atoms. The Morgan fingerprint density at radius 3 is 2.56 bits per heavy atom. The highest BCUT2D eigenvalue weighted by atomic mass is 35.5. The minimum Gasteiger partial charge on any atom is -0.356 e. The van der Waals surface area contributed by atoms with Crippen molar-refractivity contribution in [2.45, 2.75) is 38.5 Å². The first-order valence-corrected chi connectivity index (χ1v) is 10.8. The number of allylic oxidation sites excluding steroid dienone is 1. The maximum Gasteiger partial charge on any atom is 0.232 e. The van der Waals surface area contributed by atoms with E-state index >= 15 is 0 Å². The summed E-state index contributed by atoms with van der Waals surface area (Å²) in [5.41, 5.74) is 1.91. The maximum atomic E-state index is 12.0. The van der Waals surface area contributed by atoms with Crippen LogP contribution in [-0.2, 0) is 14.8 Å². The van der Waals surface area contributed by atoms with Gasteiger partial charge < -0.3 is 5.32 Å². The number of carbonyl (C=O) groups is 1. The first-order valence-electron chi connectivity index (χ1n) is 8.54. The average Bonchev–Trinajstić information content (AvgIpc) is 2.56. The Hall–Kier alpha value is -1.53. The van der Waals surface area contributed by atoms with E-state index in [4.69, 9.17) is 11.6 Å². The van der Waals surface area contributed by atoms with Gasteiger partial charge in [0.25, 0.3) is 0 Å². The van der Waals surface area contributed by atoms with E-state index in [-0.39, 0.29) is 18.9 Å². The summed E-state index contributed by atoms with van der Waals surface area (Å²) in [4.78, 5) is 12.0. The number of hydrogen-bond donors (Lipinski definition) is 1. The summed E-state index contributed by atoms with van der Waals surface area (Å²) in [7, 11) is -3.46. The second kappa shape index (κ2) is 9.25. The Morgan fingerprint density at radius 1 is 1.24 bits per heavy atom. The number of amides is 1. The number of anilines is 1. The molecular weight excluding hydrogens is 360 g/mol. The van der Waals surface area contributed by atoms with E-state index < -0.39 is 10.0 Å². The molecule has 0 fully saturated rings. The van der Waals surface area contributed by atoms with Crippen molar-refractivity contribution in [3.8, 4) is 0 Å². The molecule has 2 rings (SSSR count). The van der Waals surface area contributed by atoms with Gasteiger partial charge in [-0.2, -0.15) is 0 Å². The molecule has 1 aromatic carbocycles. The number of carbonyl (C=O) groups excluding carboxylic acids is 1. The molecule has 0 saturated heterocycles. The molecule has 138 valence electrons. The molecular formula is C18H25ClN2O3S. The molecule has 0 atom stereocenters. The van der Waals surface area contributed by atoms with Gasteiger partial charge in [-0.15, -0.1) is 0 Å².